The molecular formula is C27H25F4N5O. The number of hydrogen-bond donors (Lipinski definition) is 1. The molecule has 2 saturated carbocycles. The first-order chi connectivity index (χ1) is 17.8. The summed E-state index contributed by atoms with van der Waals surface area (Å²) in [7, 11) is 0. The van der Waals surface area contributed by atoms with Gasteiger partial charge in [0.15, 0.2) is 11.6 Å². The zero-order valence-electron chi connectivity index (χ0n) is 19.9. The molecule has 0 radical (unpaired) electrons. The highest BCUT2D eigenvalue weighted by Crippen LogP contribution is 2.45. The van der Waals surface area contributed by atoms with E-state index in [0.717, 1.165) is 25.5 Å². The van der Waals surface area contributed by atoms with Gasteiger partial charge in [-0.3, -0.25) is 14.8 Å². The number of aromatic nitrogens is 3. The molecule has 0 unspecified atom stereocenters. The van der Waals surface area contributed by atoms with Crippen molar-refractivity contribution in [3.63, 3.8) is 0 Å². The minimum Gasteiger partial charge on any atom is -0.351 e. The summed E-state index contributed by atoms with van der Waals surface area (Å²) in [6.45, 7) is 0.763. The first kappa shape index (κ1) is 23.8. The molecule has 192 valence electrons. The van der Waals surface area contributed by atoms with E-state index in [1.54, 1.807) is 0 Å². The maximum Gasteiger partial charge on any atom is 0.257 e. The van der Waals surface area contributed by atoms with Gasteiger partial charge < -0.3 is 10.2 Å². The lowest BCUT2D eigenvalue weighted by Crippen LogP contribution is -2.30. The topological polar surface area (TPSA) is 71.0 Å². The van der Waals surface area contributed by atoms with Crippen LogP contribution in [0.4, 0.5) is 29.1 Å². The fraction of sp³-hybridized carbons (Fsp3) is 0.407. The summed E-state index contributed by atoms with van der Waals surface area (Å²) in [5.74, 6) is -4.14. The lowest BCUT2D eigenvalue weighted by Gasteiger charge is -2.29. The number of alkyl halides is 2. The van der Waals surface area contributed by atoms with E-state index in [9.17, 15) is 18.0 Å². The summed E-state index contributed by atoms with van der Waals surface area (Å²) in [5.41, 5.74) is 0.828. The van der Waals surface area contributed by atoms with Crippen LogP contribution in [0.1, 0.15) is 60.5 Å². The van der Waals surface area contributed by atoms with Crippen LogP contribution in [-0.2, 0) is 0 Å². The molecule has 2 bridgehead atoms. The number of amides is 1. The number of nitrogens with one attached hydrogen (secondary N) is 1. The largest absolute Gasteiger partial charge is 0.351 e. The van der Waals surface area contributed by atoms with Gasteiger partial charge in [-0.05, 0) is 55.9 Å². The van der Waals surface area contributed by atoms with Gasteiger partial charge in [-0.15, -0.1) is 0 Å². The van der Waals surface area contributed by atoms with Crippen molar-refractivity contribution in [2.24, 2.45) is 5.92 Å². The highest BCUT2D eigenvalue weighted by molar-refractivity contribution is 6.06. The van der Waals surface area contributed by atoms with Crippen LogP contribution < -0.4 is 10.2 Å². The maximum absolute atomic E-state index is 15.0. The van der Waals surface area contributed by atoms with Crippen LogP contribution >= 0.6 is 0 Å². The number of carbonyl (C=O) groups excluding carboxylic acids is 1. The maximum atomic E-state index is 15.0. The molecular weight excluding hydrogens is 486 g/mol. The fourth-order valence-electron chi connectivity index (χ4n) is 5.76. The van der Waals surface area contributed by atoms with E-state index < -0.39 is 23.5 Å². The van der Waals surface area contributed by atoms with Gasteiger partial charge in [0, 0.05) is 55.5 Å². The van der Waals surface area contributed by atoms with E-state index in [0.29, 0.717) is 17.7 Å². The molecule has 0 atom stereocenters. The van der Waals surface area contributed by atoms with Gasteiger partial charge in [0.25, 0.3) is 5.91 Å². The predicted octanol–water partition coefficient (Wildman–Crippen LogP) is 5.96. The number of halogens is 4. The number of fused-ring (bicyclic) bond motifs is 1. The van der Waals surface area contributed by atoms with Crippen LogP contribution in [-0.4, -0.2) is 39.4 Å². The first-order valence-corrected chi connectivity index (χ1v) is 12.5. The monoisotopic (exact) mass is 511 g/mol. The molecule has 1 N–H and O–H groups in total. The van der Waals surface area contributed by atoms with E-state index in [-0.39, 0.29) is 59.9 Å². The van der Waals surface area contributed by atoms with Crippen LogP contribution in [0.5, 0.6) is 0 Å². The van der Waals surface area contributed by atoms with Gasteiger partial charge >= 0.3 is 0 Å². The normalized spacial score (nSPS) is 22.5. The lowest BCUT2D eigenvalue weighted by atomic mass is 9.83. The number of rotatable bonds is 5. The molecule has 1 amide bonds. The molecule has 10 heteroatoms. The van der Waals surface area contributed by atoms with Gasteiger partial charge in [0.1, 0.15) is 11.5 Å². The van der Waals surface area contributed by atoms with Gasteiger partial charge in [0.05, 0.1) is 16.9 Å². The summed E-state index contributed by atoms with van der Waals surface area (Å²) in [5, 5.41) is 2.76. The standard InChI is InChI=1S/C27H25F4N5O/c28-20-2-1-8-32-23(20)19-5-9-33-22(16-3-6-27(30,31)7-4-16)24(19)35-26(37)17-12-21(29)25(34-13-17)36-14-15-10-18(36)11-15/h1-2,5,8-9,12-13,15-16,18H,3-4,6-7,10-11,14H2,(H,35,37). The Morgan fingerprint density at radius 3 is 2.49 bits per heavy atom. The average Bonchev–Trinajstić information content (AvgIpc) is 3.46. The van der Waals surface area contributed by atoms with Gasteiger partial charge in [-0.25, -0.2) is 22.5 Å². The Balaban J connectivity index is 1.34. The van der Waals surface area contributed by atoms with E-state index in [1.807, 2.05) is 4.90 Å². The molecule has 7 rings (SSSR count). The molecule has 2 saturated heterocycles. The minimum absolute atomic E-state index is 0.00439. The van der Waals surface area contributed by atoms with Crippen LogP contribution in [0.2, 0.25) is 0 Å². The van der Waals surface area contributed by atoms with E-state index >= 15 is 4.39 Å². The Kier molecular flexibility index (Phi) is 5.84. The van der Waals surface area contributed by atoms with Crippen molar-refractivity contribution in [1.82, 2.24) is 15.0 Å². The predicted molar refractivity (Wildman–Crippen MR) is 130 cm³/mol. The summed E-state index contributed by atoms with van der Waals surface area (Å²) in [6.07, 6.45) is 6.00. The molecule has 3 aromatic heterocycles. The van der Waals surface area contributed by atoms with Crippen LogP contribution in [0, 0.1) is 17.6 Å². The number of hydrogen-bond acceptors (Lipinski definition) is 5. The fourth-order valence-corrected chi connectivity index (χ4v) is 5.76. The van der Waals surface area contributed by atoms with E-state index in [4.69, 9.17) is 0 Å². The summed E-state index contributed by atoms with van der Waals surface area (Å²) >= 11 is 0. The summed E-state index contributed by atoms with van der Waals surface area (Å²) in [4.78, 5) is 28.0. The van der Waals surface area contributed by atoms with Crippen LogP contribution in [0.3, 0.4) is 0 Å². The Bertz CT molecular complexity index is 1350. The molecule has 4 fully saturated rings. The zero-order chi connectivity index (χ0) is 25.7. The van der Waals surface area contributed by atoms with Gasteiger partial charge in [0.2, 0.25) is 5.92 Å². The average molecular weight is 512 g/mol. The first-order valence-electron chi connectivity index (χ1n) is 12.5. The van der Waals surface area contributed by atoms with E-state index in [1.165, 1.54) is 36.8 Å². The quantitative estimate of drug-likeness (QED) is 0.428. The molecule has 4 aliphatic rings. The molecule has 2 aliphatic heterocycles. The Morgan fingerprint density at radius 1 is 1.03 bits per heavy atom. The highest BCUT2D eigenvalue weighted by Gasteiger charge is 2.44. The van der Waals surface area contributed by atoms with Crippen molar-refractivity contribution >= 4 is 17.4 Å². The molecule has 3 aromatic rings. The zero-order valence-corrected chi connectivity index (χ0v) is 19.9. The van der Waals surface area contributed by atoms with Crippen molar-refractivity contribution in [2.45, 2.75) is 56.4 Å². The second-order valence-corrected chi connectivity index (χ2v) is 10.2. The molecule has 0 aromatic carbocycles. The SMILES string of the molecule is O=C(Nc1c(-c2ncccc2F)ccnc1C1CCC(F)(F)CC1)c1cnc(N2CC3CC2C3)c(F)c1. The molecule has 0 spiro atoms. The van der Waals surface area contributed by atoms with Crippen LogP contribution in [0.25, 0.3) is 11.3 Å². The van der Waals surface area contributed by atoms with Crippen molar-refractivity contribution in [3.8, 4) is 11.3 Å². The number of pyridine rings is 3. The number of carbonyl (C=O) groups is 1. The van der Waals surface area contributed by atoms with Crippen molar-refractivity contribution in [3.05, 3.63) is 65.7 Å². The van der Waals surface area contributed by atoms with Crippen LogP contribution in [0.15, 0.2) is 42.9 Å². The molecule has 2 aliphatic carbocycles. The lowest BCUT2D eigenvalue weighted by molar-refractivity contribution is -0.0384. The highest BCUT2D eigenvalue weighted by atomic mass is 19.3. The smallest absolute Gasteiger partial charge is 0.257 e. The van der Waals surface area contributed by atoms with Gasteiger partial charge in [-0.2, -0.15) is 0 Å². The Morgan fingerprint density at radius 2 is 1.81 bits per heavy atom. The number of nitrogens with zero attached hydrogens (tertiary/aromatic N) is 4. The minimum atomic E-state index is -2.74. The third-order valence-electron chi connectivity index (χ3n) is 7.80. The van der Waals surface area contributed by atoms with Crippen molar-refractivity contribution in [2.75, 3.05) is 16.8 Å². The third-order valence-corrected chi connectivity index (χ3v) is 7.80. The Hall–Kier alpha value is -3.56. The summed E-state index contributed by atoms with van der Waals surface area (Å²) < 4.78 is 57.4. The summed E-state index contributed by atoms with van der Waals surface area (Å²) in [6, 6.07) is 5.65. The third kappa shape index (κ3) is 4.42. The van der Waals surface area contributed by atoms with Gasteiger partial charge in [-0.1, -0.05) is 0 Å². The number of anilines is 2. The van der Waals surface area contributed by atoms with Crippen molar-refractivity contribution in [1.29, 1.82) is 0 Å². The second-order valence-electron chi connectivity index (χ2n) is 10.2. The van der Waals surface area contributed by atoms with E-state index in [2.05, 4.69) is 20.3 Å². The Labute approximate surface area is 211 Å². The molecule has 37 heavy (non-hydrogen) atoms. The molecule has 6 nitrogen and oxygen atoms in total. The second kappa shape index (κ2) is 9.08. The molecule has 5 heterocycles. The van der Waals surface area contributed by atoms with Crippen molar-refractivity contribution < 1.29 is 22.4 Å².